The number of hydrogen-bond donors (Lipinski definition) is 2. The van der Waals surface area contributed by atoms with E-state index in [0.717, 1.165) is 6.42 Å². The number of piperidine rings is 2. The van der Waals surface area contributed by atoms with Gasteiger partial charge in [-0.25, -0.2) is 8.42 Å². The van der Waals surface area contributed by atoms with Crippen molar-refractivity contribution in [3.8, 4) is 0 Å². The summed E-state index contributed by atoms with van der Waals surface area (Å²) in [5.41, 5.74) is 0. The van der Waals surface area contributed by atoms with Gasteiger partial charge in [0.05, 0.1) is 10.8 Å². The lowest BCUT2D eigenvalue weighted by molar-refractivity contribution is -0.132. The molecule has 0 aromatic heterocycles. The van der Waals surface area contributed by atoms with Crippen LogP contribution in [0.4, 0.5) is 0 Å². The van der Waals surface area contributed by atoms with Crippen LogP contribution in [0.3, 0.4) is 0 Å². The minimum absolute atomic E-state index is 0.150. The number of carbonyl (C=O) groups is 2. The lowest BCUT2D eigenvalue weighted by atomic mass is 9.97. The maximum absolute atomic E-state index is 12.7. The molecule has 2 amide bonds. The van der Waals surface area contributed by atoms with Crippen LogP contribution in [0.5, 0.6) is 0 Å². The predicted octanol–water partition coefficient (Wildman–Crippen LogP) is 0.482. The lowest BCUT2D eigenvalue weighted by Crippen LogP contribution is -2.53. The molecule has 2 N–H and O–H groups in total. The van der Waals surface area contributed by atoms with Crippen LogP contribution in [0.15, 0.2) is 35.2 Å². The average molecular weight is 365 g/mol. The standard InChI is InChI=1S/C17H23N3O4S/c21-16(19-15-9-4-10-18-17(15)22)13-6-5-11-20(12-13)25(23,24)14-7-2-1-3-8-14/h1-3,7-8,13,15H,4-6,9-12H2,(H,18,22)(H,19,21). The SMILES string of the molecule is O=C(NC1CCCNC1=O)C1CCCN(S(=O)(=O)c2ccccc2)C1. The monoisotopic (exact) mass is 365 g/mol. The van der Waals surface area contributed by atoms with Gasteiger partial charge in [-0.05, 0) is 37.8 Å². The molecule has 2 fully saturated rings. The van der Waals surface area contributed by atoms with E-state index in [9.17, 15) is 18.0 Å². The summed E-state index contributed by atoms with van der Waals surface area (Å²) >= 11 is 0. The highest BCUT2D eigenvalue weighted by Gasteiger charge is 2.34. The zero-order valence-corrected chi connectivity index (χ0v) is 14.8. The van der Waals surface area contributed by atoms with Gasteiger partial charge < -0.3 is 10.6 Å². The van der Waals surface area contributed by atoms with Crippen molar-refractivity contribution in [3.63, 3.8) is 0 Å². The fourth-order valence-electron chi connectivity index (χ4n) is 3.32. The van der Waals surface area contributed by atoms with Crippen LogP contribution >= 0.6 is 0 Å². The minimum Gasteiger partial charge on any atom is -0.354 e. The molecule has 1 aromatic rings. The summed E-state index contributed by atoms with van der Waals surface area (Å²) in [6.45, 7) is 1.19. The van der Waals surface area contributed by atoms with Gasteiger partial charge in [0.2, 0.25) is 21.8 Å². The zero-order chi connectivity index (χ0) is 17.9. The van der Waals surface area contributed by atoms with Gasteiger partial charge in [0.15, 0.2) is 0 Å². The molecule has 136 valence electrons. The van der Waals surface area contributed by atoms with Gasteiger partial charge in [0.25, 0.3) is 0 Å². The Morgan fingerprint density at radius 1 is 1.16 bits per heavy atom. The summed E-state index contributed by atoms with van der Waals surface area (Å²) in [6.07, 6.45) is 2.70. The van der Waals surface area contributed by atoms with E-state index < -0.39 is 22.0 Å². The highest BCUT2D eigenvalue weighted by molar-refractivity contribution is 7.89. The predicted molar refractivity (Wildman–Crippen MR) is 92.1 cm³/mol. The second-order valence-corrected chi connectivity index (χ2v) is 8.45. The number of nitrogens with one attached hydrogen (secondary N) is 2. The van der Waals surface area contributed by atoms with Crippen molar-refractivity contribution < 1.29 is 18.0 Å². The summed E-state index contributed by atoms with van der Waals surface area (Å²) in [7, 11) is -3.60. The quantitative estimate of drug-likeness (QED) is 0.811. The molecule has 1 aromatic carbocycles. The Hall–Kier alpha value is -1.93. The van der Waals surface area contributed by atoms with E-state index in [2.05, 4.69) is 10.6 Å². The Morgan fingerprint density at radius 2 is 1.92 bits per heavy atom. The Kier molecular flexibility index (Phi) is 5.39. The first-order chi connectivity index (χ1) is 12.0. The third kappa shape index (κ3) is 4.01. The van der Waals surface area contributed by atoms with Gasteiger partial charge in [-0.3, -0.25) is 9.59 Å². The van der Waals surface area contributed by atoms with Crippen molar-refractivity contribution in [2.45, 2.75) is 36.6 Å². The molecular weight excluding hydrogens is 342 g/mol. The van der Waals surface area contributed by atoms with Crippen LogP contribution in [0.2, 0.25) is 0 Å². The smallest absolute Gasteiger partial charge is 0.243 e. The van der Waals surface area contributed by atoms with E-state index in [4.69, 9.17) is 0 Å². The van der Waals surface area contributed by atoms with Gasteiger partial charge in [0.1, 0.15) is 6.04 Å². The summed E-state index contributed by atoms with van der Waals surface area (Å²) in [5.74, 6) is -0.832. The molecule has 2 aliphatic rings. The van der Waals surface area contributed by atoms with Crippen LogP contribution < -0.4 is 10.6 Å². The summed E-state index contributed by atoms with van der Waals surface area (Å²) in [4.78, 5) is 24.5. The third-order valence-electron chi connectivity index (χ3n) is 4.74. The molecule has 25 heavy (non-hydrogen) atoms. The fraction of sp³-hybridized carbons (Fsp3) is 0.529. The molecule has 2 atom stereocenters. The molecule has 0 bridgehead atoms. The second-order valence-electron chi connectivity index (χ2n) is 6.51. The molecule has 8 heteroatoms. The fourth-order valence-corrected chi connectivity index (χ4v) is 4.86. The van der Waals surface area contributed by atoms with Crippen LogP contribution in [0.1, 0.15) is 25.7 Å². The number of hydrogen-bond acceptors (Lipinski definition) is 4. The molecule has 7 nitrogen and oxygen atoms in total. The van der Waals surface area contributed by atoms with Gasteiger partial charge >= 0.3 is 0 Å². The van der Waals surface area contributed by atoms with Gasteiger partial charge in [0, 0.05) is 19.6 Å². The van der Waals surface area contributed by atoms with Crippen LogP contribution in [0.25, 0.3) is 0 Å². The summed E-state index contributed by atoms with van der Waals surface area (Å²) in [6, 6.07) is 7.74. The summed E-state index contributed by atoms with van der Waals surface area (Å²) < 4.78 is 26.8. The number of carbonyl (C=O) groups excluding carboxylic acids is 2. The number of nitrogens with zero attached hydrogens (tertiary/aromatic N) is 1. The normalized spacial score (nSPS) is 25.2. The van der Waals surface area contributed by atoms with Gasteiger partial charge in [-0.2, -0.15) is 4.31 Å². The third-order valence-corrected chi connectivity index (χ3v) is 6.62. The first-order valence-corrected chi connectivity index (χ1v) is 10.1. The minimum atomic E-state index is -3.60. The Bertz CT molecular complexity index is 736. The Labute approximate surface area is 147 Å². The van der Waals surface area contributed by atoms with Crippen molar-refractivity contribution in [3.05, 3.63) is 30.3 Å². The highest BCUT2D eigenvalue weighted by atomic mass is 32.2. The van der Waals surface area contributed by atoms with Gasteiger partial charge in [-0.15, -0.1) is 0 Å². The first kappa shape index (κ1) is 17.9. The molecule has 3 rings (SSSR count). The second kappa shape index (κ2) is 7.53. The Balaban J connectivity index is 1.66. The number of sulfonamides is 1. The van der Waals surface area contributed by atoms with Crippen molar-refractivity contribution in [2.24, 2.45) is 5.92 Å². The molecule has 0 radical (unpaired) electrons. The highest BCUT2D eigenvalue weighted by Crippen LogP contribution is 2.24. The maximum atomic E-state index is 12.7. The van der Waals surface area contributed by atoms with E-state index in [1.54, 1.807) is 30.3 Å². The molecule has 2 unspecified atom stereocenters. The van der Waals surface area contributed by atoms with Crippen LogP contribution in [-0.2, 0) is 19.6 Å². The van der Waals surface area contributed by atoms with E-state index in [1.165, 1.54) is 4.31 Å². The van der Waals surface area contributed by atoms with Crippen LogP contribution in [0, 0.1) is 5.92 Å². The number of rotatable bonds is 4. The Morgan fingerprint density at radius 3 is 2.64 bits per heavy atom. The maximum Gasteiger partial charge on any atom is 0.243 e. The summed E-state index contributed by atoms with van der Waals surface area (Å²) in [5, 5.41) is 5.51. The molecule has 0 spiro atoms. The lowest BCUT2D eigenvalue weighted by Gasteiger charge is -2.32. The largest absolute Gasteiger partial charge is 0.354 e. The van der Waals surface area contributed by atoms with E-state index >= 15 is 0 Å². The van der Waals surface area contributed by atoms with E-state index in [0.29, 0.717) is 32.4 Å². The van der Waals surface area contributed by atoms with Crippen LogP contribution in [-0.4, -0.2) is 50.2 Å². The van der Waals surface area contributed by atoms with Crippen molar-refractivity contribution in [2.75, 3.05) is 19.6 Å². The average Bonchev–Trinajstić information content (AvgIpc) is 2.64. The van der Waals surface area contributed by atoms with Crippen molar-refractivity contribution >= 4 is 21.8 Å². The molecule has 2 heterocycles. The molecule has 0 saturated carbocycles. The topological polar surface area (TPSA) is 95.6 Å². The van der Waals surface area contributed by atoms with Crippen molar-refractivity contribution in [1.82, 2.24) is 14.9 Å². The molecule has 2 saturated heterocycles. The molecular formula is C17H23N3O4S. The number of amides is 2. The molecule has 2 aliphatic heterocycles. The first-order valence-electron chi connectivity index (χ1n) is 8.62. The van der Waals surface area contributed by atoms with Crippen molar-refractivity contribution in [1.29, 1.82) is 0 Å². The van der Waals surface area contributed by atoms with E-state index in [1.807, 2.05) is 0 Å². The zero-order valence-electron chi connectivity index (χ0n) is 14.0. The molecule has 0 aliphatic carbocycles. The number of benzene rings is 1. The van der Waals surface area contributed by atoms with E-state index in [-0.39, 0.29) is 23.3 Å². The van der Waals surface area contributed by atoms with Gasteiger partial charge in [-0.1, -0.05) is 18.2 Å².